The van der Waals surface area contributed by atoms with Gasteiger partial charge in [0.05, 0.1) is 24.9 Å². The highest BCUT2D eigenvalue weighted by Gasteiger charge is 2.36. The predicted molar refractivity (Wildman–Crippen MR) is 144 cm³/mol. The van der Waals surface area contributed by atoms with Gasteiger partial charge in [0.1, 0.15) is 16.6 Å². The smallest absolute Gasteiger partial charge is 0.318 e. The van der Waals surface area contributed by atoms with Crippen LogP contribution in [0.2, 0.25) is 0 Å². The van der Waals surface area contributed by atoms with E-state index in [1.807, 2.05) is 35.3 Å². The summed E-state index contributed by atoms with van der Waals surface area (Å²) in [5, 5.41) is 4.34. The van der Waals surface area contributed by atoms with Crippen LogP contribution in [0.1, 0.15) is 58.6 Å². The van der Waals surface area contributed by atoms with Gasteiger partial charge in [0.15, 0.2) is 0 Å². The fourth-order valence-electron chi connectivity index (χ4n) is 5.53. The van der Waals surface area contributed by atoms with Crippen LogP contribution in [-0.4, -0.2) is 22.1 Å². The molecule has 2 aliphatic rings. The molecular formula is C30H30FN3O2S. The second-order valence-electron chi connectivity index (χ2n) is 9.62. The van der Waals surface area contributed by atoms with Crippen molar-refractivity contribution in [3.63, 3.8) is 0 Å². The van der Waals surface area contributed by atoms with Crippen LogP contribution in [0.5, 0.6) is 5.75 Å². The number of hydrogen-bond acceptors (Lipinski definition) is 3. The first kappa shape index (κ1) is 23.8. The Morgan fingerprint density at radius 3 is 2.62 bits per heavy atom. The summed E-state index contributed by atoms with van der Waals surface area (Å²) in [5.41, 5.74) is 5.65. The molecule has 2 amide bonds. The third-order valence-corrected chi connectivity index (χ3v) is 8.64. The molecular weight excluding hydrogens is 485 g/mol. The van der Waals surface area contributed by atoms with Gasteiger partial charge in [0.25, 0.3) is 0 Å². The Balaban J connectivity index is 1.41. The highest BCUT2D eigenvalue weighted by Crippen LogP contribution is 2.44. The number of rotatable bonds is 5. The fourth-order valence-corrected chi connectivity index (χ4v) is 6.94. The number of nitrogens with zero attached hydrogens (tertiary/aromatic N) is 2. The van der Waals surface area contributed by atoms with Crippen molar-refractivity contribution in [3.8, 4) is 10.8 Å². The zero-order chi connectivity index (χ0) is 25.4. The number of amides is 2. The minimum absolute atomic E-state index is 0.139. The molecule has 6 rings (SSSR count). The predicted octanol–water partition coefficient (Wildman–Crippen LogP) is 6.77. The summed E-state index contributed by atoms with van der Waals surface area (Å²) in [7, 11) is 0. The van der Waals surface area contributed by atoms with Crippen molar-refractivity contribution < 1.29 is 13.9 Å². The summed E-state index contributed by atoms with van der Waals surface area (Å²) in [6.45, 7) is 3.45. The van der Waals surface area contributed by atoms with Gasteiger partial charge < -0.3 is 19.5 Å². The van der Waals surface area contributed by atoms with Crippen LogP contribution in [0.15, 0.2) is 66.9 Å². The molecule has 0 saturated carbocycles. The molecule has 1 unspecified atom stereocenters. The molecule has 1 aliphatic heterocycles. The maximum absolute atomic E-state index is 13.9. The molecule has 7 heteroatoms. The minimum Gasteiger partial charge on any atom is -0.494 e. The quantitative estimate of drug-likeness (QED) is 0.319. The number of carbonyl (C=O) groups excluding carboxylic acids is 1. The third kappa shape index (κ3) is 4.53. The minimum atomic E-state index is -0.284. The molecule has 37 heavy (non-hydrogen) atoms. The van der Waals surface area contributed by atoms with Gasteiger partial charge >= 0.3 is 6.03 Å². The van der Waals surface area contributed by atoms with Crippen molar-refractivity contribution in [3.05, 3.63) is 106 Å². The van der Waals surface area contributed by atoms with E-state index in [2.05, 4.69) is 40.3 Å². The summed E-state index contributed by atoms with van der Waals surface area (Å²) < 4.78 is 21.3. The van der Waals surface area contributed by atoms with E-state index in [4.69, 9.17) is 4.74 Å². The molecule has 0 radical (unpaired) electrons. The van der Waals surface area contributed by atoms with Gasteiger partial charge in [-0.25, -0.2) is 9.18 Å². The van der Waals surface area contributed by atoms with Gasteiger partial charge in [0, 0.05) is 23.2 Å². The molecule has 190 valence electrons. The van der Waals surface area contributed by atoms with Crippen LogP contribution in [0.25, 0.3) is 5.00 Å². The number of nitrogens with one attached hydrogen (secondary N) is 1. The lowest BCUT2D eigenvalue weighted by molar-refractivity contribution is 0.180. The van der Waals surface area contributed by atoms with Gasteiger partial charge in [-0.15, -0.1) is 11.3 Å². The number of halogens is 1. The average Bonchev–Trinajstić information content (AvgIpc) is 3.51. The van der Waals surface area contributed by atoms with Crippen molar-refractivity contribution in [1.82, 2.24) is 14.8 Å². The first-order valence-corrected chi connectivity index (χ1v) is 13.8. The van der Waals surface area contributed by atoms with Crippen molar-refractivity contribution in [2.45, 2.75) is 51.7 Å². The molecule has 0 fully saturated rings. The number of thiophene rings is 1. The lowest BCUT2D eigenvalue weighted by Crippen LogP contribution is -2.41. The number of carbonyl (C=O) groups is 1. The number of fused-ring (bicyclic) bond motifs is 5. The van der Waals surface area contributed by atoms with Gasteiger partial charge in [-0.1, -0.05) is 24.3 Å². The second kappa shape index (κ2) is 10.1. The third-order valence-electron chi connectivity index (χ3n) is 7.30. The molecule has 1 N–H and O–H groups in total. The van der Waals surface area contributed by atoms with Crippen LogP contribution in [0.3, 0.4) is 0 Å². The first-order chi connectivity index (χ1) is 18.1. The topological polar surface area (TPSA) is 46.5 Å². The lowest BCUT2D eigenvalue weighted by Gasteiger charge is -2.31. The average molecular weight is 516 g/mol. The molecule has 3 heterocycles. The summed E-state index contributed by atoms with van der Waals surface area (Å²) in [6, 6.07) is 18.1. The highest BCUT2D eigenvalue weighted by molar-refractivity contribution is 7.15. The van der Waals surface area contributed by atoms with Gasteiger partial charge in [0.2, 0.25) is 0 Å². The molecule has 0 bridgehead atoms. The highest BCUT2D eigenvalue weighted by atomic mass is 32.1. The van der Waals surface area contributed by atoms with Gasteiger partial charge in [-0.3, -0.25) is 0 Å². The van der Waals surface area contributed by atoms with E-state index in [0.717, 1.165) is 35.4 Å². The maximum Gasteiger partial charge on any atom is 0.318 e. The van der Waals surface area contributed by atoms with Gasteiger partial charge in [-0.05, 0) is 85.7 Å². The number of urea groups is 1. The zero-order valence-corrected chi connectivity index (χ0v) is 21.7. The van der Waals surface area contributed by atoms with E-state index >= 15 is 0 Å². The maximum atomic E-state index is 13.9. The van der Waals surface area contributed by atoms with Crippen LogP contribution in [0, 0.1) is 5.82 Å². The number of benzene rings is 2. The van der Waals surface area contributed by atoms with E-state index in [9.17, 15) is 9.18 Å². The monoisotopic (exact) mass is 515 g/mol. The SMILES string of the molecule is CCOc1ccc(C2c3cccn3-c3sc4c(c3CN2C(=O)NCc2ccc(F)cc2)CCCC4)cc1. The summed E-state index contributed by atoms with van der Waals surface area (Å²) in [4.78, 5) is 17.3. The normalized spacial score (nSPS) is 16.4. The molecule has 1 aliphatic carbocycles. The van der Waals surface area contributed by atoms with Crippen LogP contribution >= 0.6 is 11.3 Å². The molecule has 4 aromatic rings. The largest absolute Gasteiger partial charge is 0.494 e. The molecule has 0 saturated heterocycles. The summed E-state index contributed by atoms with van der Waals surface area (Å²) >= 11 is 1.88. The number of aromatic nitrogens is 1. The van der Waals surface area contributed by atoms with Crippen molar-refractivity contribution >= 4 is 17.4 Å². The standard InChI is InChI=1S/C30H30FN3O2S/c1-2-36-23-15-11-21(12-16-23)28-26-7-5-17-33(26)29-25(24-6-3-4-8-27(24)37-29)19-34(28)30(35)32-18-20-9-13-22(31)14-10-20/h5,7,9-17,28H,2-4,6,8,18-19H2,1H3,(H,32,35). The van der Waals surface area contributed by atoms with Crippen LogP contribution in [0.4, 0.5) is 9.18 Å². The van der Waals surface area contributed by atoms with Gasteiger partial charge in [-0.2, -0.15) is 0 Å². The van der Waals surface area contributed by atoms with Crippen molar-refractivity contribution in [2.75, 3.05) is 6.61 Å². The Bertz CT molecular complexity index is 1410. The van der Waals surface area contributed by atoms with E-state index in [1.165, 1.54) is 46.0 Å². The Kier molecular flexibility index (Phi) is 6.47. The molecule has 0 spiro atoms. The van der Waals surface area contributed by atoms with E-state index in [1.54, 1.807) is 12.1 Å². The molecule has 1 atom stereocenters. The van der Waals surface area contributed by atoms with Crippen molar-refractivity contribution in [2.24, 2.45) is 0 Å². The van der Waals surface area contributed by atoms with Crippen LogP contribution in [-0.2, 0) is 25.9 Å². The molecule has 2 aromatic heterocycles. The molecule has 2 aromatic carbocycles. The number of ether oxygens (including phenoxy) is 1. The fraction of sp³-hybridized carbons (Fsp3) is 0.300. The summed E-state index contributed by atoms with van der Waals surface area (Å²) in [6.07, 6.45) is 6.71. The van der Waals surface area contributed by atoms with Crippen molar-refractivity contribution in [1.29, 1.82) is 0 Å². The zero-order valence-electron chi connectivity index (χ0n) is 20.9. The Morgan fingerprint density at radius 1 is 1.05 bits per heavy atom. The number of aryl methyl sites for hydroxylation is 1. The van der Waals surface area contributed by atoms with E-state index in [0.29, 0.717) is 19.7 Å². The Labute approximate surface area is 220 Å². The Hall–Kier alpha value is -3.58. The van der Waals surface area contributed by atoms with E-state index < -0.39 is 0 Å². The lowest BCUT2D eigenvalue weighted by atomic mass is 9.95. The van der Waals surface area contributed by atoms with E-state index in [-0.39, 0.29) is 17.9 Å². The Morgan fingerprint density at radius 2 is 1.84 bits per heavy atom. The summed E-state index contributed by atoms with van der Waals surface area (Å²) in [5.74, 6) is 0.532. The first-order valence-electron chi connectivity index (χ1n) is 12.9. The van der Waals surface area contributed by atoms with Crippen LogP contribution < -0.4 is 10.1 Å². The second-order valence-corrected chi connectivity index (χ2v) is 10.7. The number of hydrogen-bond donors (Lipinski definition) is 1. The molecule has 5 nitrogen and oxygen atoms in total.